The van der Waals surface area contributed by atoms with Crippen LogP contribution >= 0.6 is 11.6 Å². The first-order valence-corrected chi connectivity index (χ1v) is 10.8. The average Bonchev–Trinajstić information content (AvgIpc) is 2.88. The molecule has 0 saturated carbocycles. The van der Waals surface area contributed by atoms with Gasteiger partial charge in [0.15, 0.2) is 6.61 Å². The number of benzene rings is 1. The smallest absolute Gasteiger partial charge is 0.344 e. The van der Waals surface area contributed by atoms with Gasteiger partial charge in [0.25, 0.3) is 0 Å². The molecule has 1 fully saturated rings. The molecule has 0 unspecified atom stereocenters. The monoisotopic (exact) mass is 434 g/mol. The minimum atomic E-state index is -0.345. The summed E-state index contributed by atoms with van der Waals surface area (Å²) >= 11 is 6.42. The van der Waals surface area contributed by atoms with E-state index in [1.54, 1.807) is 11.6 Å². The molecule has 30 heavy (non-hydrogen) atoms. The van der Waals surface area contributed by atoms with Crippen molar-refractivity contribution in [3.8, 4) is 5.75 Å². The molecule has 1 aromatic carbocycles. The number of carbonyl (C=O) groups excluding carboxylic acids is 1. The number of para-hydroxylation sites is 1. The highest BCUT2D eigenvalue weighted by Crippen LogP contribution is 2.23. The van der Waals surface area contributed by atoms with Gasteiger partial charge in [-0.2, -0.15) is 5.10 Å². The fourth-order valence-corrected chi connectivity index (χ4v) is 4.01. The number of esters is 1. The Labute approximate surface area is 183 Å². The van der Waals surface area contributed by atoms with Crippen LogP contribution in [-0.4, -0.2) is 64.9 Å². The molecule has 0 atom stereocenters. The van der Waals surface area contributed by atoms with E-state index in [1.807, 2.05) is 32.2 Å². The first-order chi connectivity index (χ1) is 14.5. The van der Waals surface area contributed by atoms with Gasteiger partial charge in [0.05, 0.1) is 12.3 Å². The van der Waals surface area contributed by atoms with Gasteiger partial charge in [0.2, 0.25) is 0 Å². The fourth-order valence-electron chi connectivity index (χ4n) is 3.77. The molecular weight excluding hydrogens is 404 g/mol. The van der Waals surface area contributed by atoms with E-state index in [0.29, 0.717) is 6.61 Å². The number of hydrogen-bond donors (Lipinski definition) is 0. The molecule has 1 saturated heterocycles. The number of halogens is 1. The van der Waals surface area contributed by atoms with Gasteiger partial charge in [-0.05, 0) is 39.4 Å². The lowest BCUT2D eigenvalue weighted by molar-refractivity contribution is -0.145. The second-order valence-corrected chi connectivity index (χ2v) is 7.94. The summed E-state index contributed by atoms with van der Waals surface area (Å²) < 4.78 is 12.4. The number of aryl methyl sites for hydroxylation is 2. The molecule has 0 amide bonds. The molecule has 0 N–H and O–H groups in total. The fraction of sp³-hybridized carbons (Fsp3) is 0.545. The maximum absolute atomic E-state index is 11.6. The van der Waals surface area contributed by atoms with Crippen molar-refractivity contribution >= 4 is 17.6 Å². The number of hydrogen-bond acceptors (Lipinski definition) is 6. The second kappa shape index (κ2) is 10.8. The SMILES string of the molecule is CCOC(=O)COc1ccccc1CN1CCCN(Cc2c(C)nn(C)c2Cl)CC1. The van der Waals surface area contributed by atoms with Gasteiger partial charge in [-0.3, -0.25) is 14.5 Å². The van der Waals surface area contributed by atoms with Gasteiger partial charge in [-0.1, -0.05) is 29.8 Å². The van der Waals surface area contributed by atoms with Crippen LogP contribution in [0.1, 0.15) is 30.2 Å². The lowest BCUT2D eigenvalue weighted by atomic mass is 10.2. The Bertz CT molecular complexity index is 855. The molecule has 0 aliphatic carbocycles. The van der Waals surface area contributed by atoms with Gasteiger partial charge in [0, 0.05) is 44.4 Å². The standard InChI is InChI=1S/C22H31ClN4O3/c1-4-29-21(28)16-30-20-9-6-5-8-18(20)14-26-10-7-11-27(13-12-26)15-19-17(2)24-25(3)22(19)23/h5-6,8-9H,4,7,10-16H2,1-3H3. The number of aromatic nitrogens is 2. The third-order valence-electron chi connectivity index (χ3n) is 5.35. The quantitative estimate of drug-likeness (QED) is 0.595. The van der Waals surface area contributed by atoms with E-state index in [9.17, 15) is 4.79 Å². The summed E-state index contributed by atoms with van der Waals surface area (Å²) in [6, 6.07) is 7.89. The van der Waals surface area contributed by atoms with Crippen LogP contribution in [0.2, 0.25) is 5.15 Å². The molecule has 0 bridgehead atoms. The molecule has 3 rings (SSSR count). The molecule has 1 aliphatic heterocycles. The third kappa shape index (κ3) is 5.97. The van der Waals surface area contributed by atoms with E-state index < -0.39 is 0 Å². The maximum Gasteiger partial charge on any atom is 0.344 e. The van der Waals surface area contributed by atoms with E-state index in [-0.39, 0.29) is 12.6 Å². The highest BCUT2D eigenvalue weighted by molar-refractivity contribution is 6.30. The second-order valence-electron chi connectivity index (χ2n) is 7.59. The molecule has 0 spiro atoms. The predicted molar refractivity (Wildman–Crippen MR) is 117 cm³/mol. The van der Waals surface area contributed by atoms with Crippen molar-refractivity contribution in [3.05, 3.63) is 46.2 Å². The summed E-state index contributed by atoms with van der Waals surface area (Å²) in [7, 11) is 1.88. The highest BCUT2D eigenvalue weighted by atomic mass is 35.5. The van der Waals surface area contributed by atoms with E-state index >= 15 is 0 Å². The number of rotatable bonds is 8. The Morgan fingerprint density at radius 3 is 2.50 bits per heavy atom. The third-order valence-corrected chi connectivity index (χ3v) is 5.82. The average molecular weight is 435 g/mol. The molecule has 1 aliphatic rings. The molecule has 8 heteroatoms. The van der Waals surface area contributed by atoms with Crippen molar-refractivity contribution in [2.45, 2.75) is 33.4 Å². The van der Waals surface area contributed by atoms with Crippen LogP contribution in [-0.2, 0) is 29.7 Å². The van der Waals surface area contributed by atoms with Crippen LogP contribution in [0.5, 0.6) is 5.75 Å². The van der Waals surface area contributed by atoms with Gasteiger partial charge >= 0.3 is 5.97 Å². The maximum atomic E-state index is 11.6. The van der Waals surface area contributed by atoms with Gasteiger partial charge in [-0.15, -0.1) is 0 Å². The Hall–Kier alpha value is -2.09. The molecular formula is C22H31ClN4O3. The van der Waals surface area contributed by atoms with Crippen LogP contribution in [0, 0.1) is 6.92 Å². The zero-order chi connectivity index (χ0) is 21.5. The number of nitrogens with zero attached hydrogens (tertiary/aromatic N) is 4. The van der Waals surface area contributed by atoms with Gasteiger partial charge in [-0.25, -0.2) is 4.79 Å². The van der Waals surface area contributed by atoms with Crippen LogP contribution < -0.4 is 4.74 Å². The summed E-state index contributed by atoms with van der Waals surface area (Å²) in [5.74, 6) is 0.395. The zero-order valence-corrected chi connectivity index (χ0v) is 18.8. The molecule has 7 nitrogen and oxygen atoms in total. The Morgan fingerprint density at radius 2 is 1.83 bits per heavy atom. The molecule has 2 aromatic rings. The molecule has 2 heterocycles. The minimum Gasteiger partial charge on any atom is -0.482 e. The Kier molecular flexibility index (Phi) is 8.13. The Morgan fingerprint density at radius 1 is 1.13 bits per heavy atom. The van der Waals surface area contributed by atoms with E-state index in [2.05, 4.69) is 21.0 Å². The zero-order valence-electron chi connectivity index (χ0n) is 18.1. The van der Waals surface area contributed by atoms with Gasteiger partial charge < -0.3 is 9.47 Å². The molecule has 0 radical (unpaired) electrons. The first-order valence-electron chi connectivity index (χ1n) is 10.5. The summed E-state index contributed by atoms with van der Waals surface area (Å²) in [6.45, 7) is 9.69. The summed E-state index contributed by atoms with van der Waals surface area (Å²) in [5, 5.41) is 5.15. The summed E-state index contributed by atoms with van der Waals surface area (Å²) in [4.78, 5) is 16.5. The van der Waals surface area contributed by atoms with E-state index in [4.69, 9.17) is 21.1 Å². The lowest BCUT2D eigenvalue weighted by Gasteiger charge is -2.23. The van der Waals surface area contributed by atoms with Crippen molar-refractivity contribution in [1.29, 1.82) is 0 Å². The summed E-state index contributed by atoms with van der Waals surface area (Å²) in [5.41, 5.74) is 3.20. The van der Waals surface area contributed by atoms with Gasteiger partial charge in [0.1, 0.15) is 10.9 Å². The van der Waals surface area contributed by atoms with E-state index in [0.717, 1.165) is 73.4 Å². The largest absolute Gasteiger partial charge is 0.482 e. The lowest BCUT2D eigenvalue weighted by Crippen LogP contribution is -2.30. The Balaban J connectivity index is 1.57. The topological polar surface area (TPSA) is 59.8 Å². The number of carbonyl (C=O) groups is 1. The van der Waals surface area contributed by atoms with E-state index in [1.165, 1.54) is 0 Å². The summed E-state index contributed by atoms with van der Waals surface area (Å²) in [6.07, 6.45) is 1.09. The van der Waals surface area contributed by atoms with Crippen molar-refractivity contribution < 1.29 is 14.3 Å². The van der Waals surface area contributed by atoms with Crippen molar-refractivity contribution in [3.63, 3.8) is 0 Å². The predicted octanol–water partition coefficient (Wildman–Crippen LogP) is 3.03. The normalized spacial score (nSPS) is 15.7. The molecule has 1 aromatic heterocycles. The van der Waals surface area contributed by atoms with Crippen LogP contribution in [0.25, 0.3) is 0 Å². The first kappa shape index (κ1) is 22.6. The molecule has 164 valence electrons. The number of ether oxygens (including phenoxy) is 2. The van der Waals surface area contributed by atoms with Crippen molar-refractivity contribution in [2.75, 3.05) is 39.4 Å². The van der Waals surface area contributed by atoms with Crippen molar-refractivity contribution in [1.82, 2.24) is 19.6 Å². The highest BCUT2D eigenvalue weighted by Gasteiger charge is 2.20. The minimum absolute atomic E-state index is 0.0656. The van der Waals surface area contributed by atoms with Crippen LogP contribution in [0.15, 0.2) is 24.3 Å². The van der Waals surface area contributed by atoms with Crippen LogP contribution in [0.4, 0.5) is 0 Å². The van der Waals surface area contributed by atoms with Crippen LogP contribution in [0.3, 0.4) is 0 Å². The van der Waals surface area contributed by atoms with Crippen molar-refractivity contribution in [2.24, 2.45) is 7.05 Å².